The number of aromatic nitrogens is 2. The molecule has 122 valence electrons. The van der Waals surface area contributed by atoms with Gasteiger partial charge in [0.1, 0.15) is 0 Å². The fourth-order valence-corrected chi connectivity index (χ4v) is 2.65. The molecule has 1 aromatic heterocycles. The number of anilines is 1. The first-order chi connectivity index (χ1) is 11.2. The highest BCUT2D eigenvalue weighted by molar-refractivity contribution is 5.94. The zero-order valence-corrected chi connectivity index (χ0v) is 13.3. The number of nitrogens with zero attached hydrogens (tertiary/aromatic N) is 3. The second-order valence-electron chi connectivity index (χ2n) is 5.54. The van der Waals surface area contributed by atoms with Crippen molar-refractivity contribution >= 4 is 11.6 Å². The maximum Gasteiger partial charge on any atom is 0.251 e. The van der Waals surface area contributed by atoms with Crippen LogP contribution in [0, 0.1) is 6.92 Å². The summed E-state index contributed by atoms with van der Waals surface area (Å²) in [6.07, 6.45) is 1.32. The van der Waals surface area contributed by atoms with Crippen molar-refractivity contribution in [2.45, 2.75) is 26.0 Å². The molecule has 2 heterocycles. The third-order valence-electron chi connectivity index (χ3n) is 3.94. The van der Waals surface area contributed by atoms with Crippen molar-refractivity contribution < 1.29 is 13.9 Å². The van der Waals surface area contributed by atoms with Crippen molar-refractivity contribution in [3.8, 4) is 0 Å². The molecule has 0 spiro atoms. The summed E-state index contributed by atoms with van der Waals surface area (Å²) in [5.74, 6) is 0.720. The molecule has 1 aliphatic heterocycles. The van der Waals surface area contributed by atoms with Gasteiger partial charge in [0.2, 0.25) is 11.8 Å². The summed E-state index contributed by atoms with van der Waals surface area (Å²) in [7, 11) is 1.74. The van der Waals surface area contributed by atoms with Gasteiger partial charge >= 0.3 is 0 Å². The van der Waals surface area contributed by atoms with E-state index in [0.717, 1.165) is 25.2 Å². The Morgan fingerprint density at radius 2 is 2.17 bits per heavy atom. The SMILES string of the molecule is COC1CCN(c2ccc(C(=O)NCc3nnc(C)o3)cc2)C1. The first kappa shape index (κ1) is 15.5. The van der Waals surface area contributed by atoms with E-state index in [4.69, 9.17) is 9.15 Å². The van der Waals surface area contributed by atoms with E-state index >= 15 is 0 Å². The lowest BCUT2D eigenvalue weighted by atomic mass is 10.2. The normalized spacial score (nSPS) is 17.5. The number of carbonyl (C=O) groups excluding carboxylic acids is 1. The van der Waals surface area contributed by atoms with Gasteiger partial charge in [-0.2, -0.15) is 0 Å². The van der Waals surface area contributed by atoms with Crippen LogP contribution in [-0.4, -0.2) is 42.4 Å². The van der Waals surface area contributed by atoms with Gasteiger partial charge < -0.3 is 19.4 Å². The third kappa shape index (κ3) is 3.68. The monoisotopic (exact) mass is 316 g/mol. The number of nitrogens with one attached hydrogen (secondary N) is 1. The Morgan fingerprint density at radius 3 is 2.78 bits per heavy atom. The maximum absolute atomic E-state index is 12.1. The predicted octanol–water partition coefficient (Wildman–Crippen LogP) is 1.53. The fourth-order valence-electron chi connectivity index (χ4n) is 2.65. The molecule has 0 aliphatic carbocycles. The van der Waals surface area contributed by atoms with Crippen molar-refractivity contribution in [1.29, 1.82) is 0 Å². The lowest BCUT2D eigenvalue weighted by Crippen LogP contribution is -2.24. The minimum absolute atomic E-state index is 0.163. The average Bonchev–Trinajstić information content (AvgIpc) is 3.21. The molecule has 2 aromatic rings. The molecule has 1 atom stereocenters. The molecule has 1 fully saturated rings. The minimum Gasteiger partial charge on any atom is -0.424 e. The predicted molar refractivity (Wildman–Crippen MR) is 84.3 cm³/mol. The van der Waals surface area contributed by atoms with Crippen LogP contribution in [0.4, 0.5) is 5.69 Å². The van der Waals surface area contributed by atoms with E-state index in [2.05, 4.69) is 20.4 Å². The molecule has 0 bridgehead atoms. The third-order valence-corrected chi connectivity index (χ3v) is 3.94. The van der Waals surface area contributed by atoms with Crippen molar-refractivity contribution in [3.63, 3.8) is 0 Å². The summed E-state index contributed by atoms with van der Waals surface area (Å²) >= 11 is 0. The highest BCUT2D eigenvalue weighted by Crippen LogP contribution is 2.22. The topological polar surface area (TPSA) is 80.5 Å². The molecule has 1 unspecified atom stereocenters. The fraction of sp³-hybridized carbons (Fsp3) is 0.438. The first-order valence-electron chi connectivity index (χ1n) is 7.60. The van der Waals surface area contributed by atoms with Crippen molar-refractivity contribution in [2.24, 2.45) is 0 Å². The van der Waals surface area contributed by atoms with Gasteiger partial charge in [-0.1, -0.05) is 0 Å². The molecule has 0 saturated carbocycles. The number of hydrogen-bond donors (Lipinski definition) is 1. The van der Waals surface area contributed by atoms with Gasteiger partial charge in [-0.3, -0.25) is 4.79 Å². The van der Waals surface area contributed by atoms with Gasteiger partial charge in [0.05, 0.1) is 12.6 Å². The second kappa shape index (κ2) is 6.78. The first-order valence-corrected chi connectivity index (χ1v) is 7.60. The Balaban J connectivity index is 1.57. The van der Waals surface area contributed by atoms with E-state index < -0.39 is 0 Å². The number of ether oxygens (including phenoxy) is 1. The summed E-state index contributed by atoms with van der Waals surface area (Å²) in [5, 5.41) is 10.3. The summed E-state index contributed by atoms with van der Waals surface area (Å²) < 4.78 is 10.6. The van der Waals surface area contributed by atoms with Gasteiger partial charge in [-0.05, 0) is 30.7 Å². The number of carbonyl (C=O) groups is 1. The van der Waals surface area contributed by atoms with Gasteiger partial charge in [0.15, 0.2) is 0 Å². The largest absolute Gasteiger partial charge is 0.424 e. The number of methoxy groups -OCH3 is 1. The highest BCUT2D eigenvalue weighted by atomic mass is 16.5. The Kier molecular flexibility index (Phi) is 4.57. The molecule has 7 heteroatoms. The molecular weight excluding hydrogens is 296 g/mol. The highest BCUT2D eigenvalue weighted by Gasteiger charge is 2.22. The molecule has 1 aromatic carbocycles. The molecule has 23 heavy (non-hydrogen) atoms. The molecule has 3 rings (SSSR count). The molecule has 7 nitrogen and oxygen atoms in total. The van der Waals surface area contributed by atoms with Gasteiger partial charge in [-0.15, -0.1) is 10.2 Å². The smallest absolute Gasteiger partial charge is 0.251 e. The quantitative estimate of drug-likeness (QED) is 0.901. The van der Waals surface area contributed by atoms with E-state index in [-0.39, 0.29) is 18.6 Å². The summed E-state index contributed by atoms with van der Waals surface area (Å²) in [4.78, 5) is 14.4. The van der Waals surface area contributed by atoms with Crippen LogP contribution in [0.25, 0.3) is 0 Å². The van der Waals surface area contributed by atoms with Gasteiger partial charge in [0, 0.05) is 38.4 Å². The molecule has 1 saturated heterocycles. The molecule has 0 radical (unpaired) electrons. The van der Waals surface area contributed by atoms with Crippen LogP contribution in [0.15, 0.2) is 28.7 Å². The van der Waals surface area contributed by atoms with Crippen molar-refractivity contribution in [2.75, 3.05) is 25.1 Å². The van der Waals surface area contributed by atoms with Crippen LogP contribution >= 0.6 is 0 Å². The molecule has 1 aliphatic rings. The Hall–Kier alpha value is -2.41. The lowest BCUT2D eigenvalue weighted by Gasteiger charge is -2.18. The lowest BCUT2D eigenvalue weighted by molar-refractivity contribution is 0.0947. The summed E-state index contributed by atoms with van der Waals surface area (Å²) in [6.45, 7) is 3.80. The van der Waals surface area contributed by atoms with Crippen LogP contribution in [0.5, 0.6) is 0 Å². The molecule has 1 amide bonds. The average molecular weight is 316 g/mol. The van der Waals surface area contributed by atoms with E-state index in [0.29, 0.717) is 17.3 Å². The van der Waals surface area contributed by atoms with Crippen LogP contribution in [0.2, 0.25) is 0 Å². The van der Waals surface area contributed by atoms with Crippen molar-refractivity contribution in [3.05, 3.63) is 41.6 Å². The summed E-state index contributed by atoms with van der Waals surface area (Å²) in [6, 6.07) is 7.57. The van der Waals surface area contributed by atoms with Gasteiger partial charge in [0.25, 0.3) is 5.91 Å². The van der Waals surface area contributed by atoms with E-state index in [9.17, 15) is 4.79 Å². The zero-order valence-electron chi connectivity index (χ0n) is 13.3. The number of amides is 1. The minimum atomic E-state index is -0.163. The maximum atomic E-state index is 12.1. The Bertz CT molecular complexity index is 668. The second-order valence-corrected chi connectivity index (χ2v) is 5.54. The van der Waals surface area contributed by atoms with E-state index in [1.807, 2.05) is 24.3 Å². The Morgan fingerprint density at radius 1 is 1.39 bits per heavy atom. The zero-order chi connectivity index (χ0) is 16.2. The number of benzene rings is 1. The summed E-state index contributed by atoms with van der Waals surface area (Å²) in [5.41, 5.74) is 1.71. The van der Waals surface area contributed by atoms with Crippen molar-refractivity contribution in [1.82, 2.24) is 15.5 Å². The van der Waals surface area contributed by atoms with Crippen LogP contribution < -0.4 is 10.2 Å². The van der Waals surface area contributed by atoms with Crippen LogP contribution in [0.1, 0.15) is 28.6 Å². The van der Waals surface area contributed by atoms with E-state index in [1.165, 1.54) is 0 Å². The van der Waals surface area contributed by atoms with Crippen LogP contribution in [-0.2, 0) is 11.3 Å². The standard InChI is InChI=1S/C16H20N4O3/c1-11-18-19-15(23-11)9-17-16(21)12-3-5-13(6-4-12)20-8-7-14(10-20)22-2/h3-6,14H,7-10H2,1-2H3,(H,17,21). The molecule has 1 N–H and O–H groups in total. The molecular formula is C16H20N4O3. The van der Waals surface area contributed by atoms with Gasteiger partial charge in [-0.25, -0.2) is 0 Å². The van der Waals surface area contributed by atoms with E-state index in [1.54, 1.807) is 14.0 Å². The number of aryl methyl sites for hydroxylation is 1. The van der Waals surface area contributed by atoms with Crippen LogP contribution in [0.3, 0.4) is 0 Å². The number of rotatable bonds is 5. The Labute approximate surface area is 134 Å². The number of hydrogen-bond acceptors (Lipinski definition) is 6.